The van der Waals surface area contributed by atoms with Crippen LogP contribution in [0.1, 0.15) is 34.8 Å². The van der Waals surface area contributed by atoms with E-state index in [4.69, 9.17) is 9.84 Å². The molecule has 1 saturated heterocycles. The van der Waals surface area contributed by atoms with Crippen molar-refractivity contribution in [3.05, 3.63) is 41.7 Å². The summed E-state index contributed by atoms with van der Waals surface area (Å²) in [6, 6.07) is 4.58. The van der Waals surface area contributed by atoms with E-state index in [2.05, 4.69) is 9.82 Å². The number of carbonyl (C=O) groups is 1. The molecule has 2 aromatic rings. The highest BCUT2D eigenvalue weighted by atomic mass is 32.2. The molecule has 1 aliphatic rings. The number of carboxylic acids is 1. The van der Waals surface area contributed by atoms with E-state index < -0.39 is 16.0 Å². The first-order valence-corrected chi connectivity index (χ1v) is 9.34. The number of hydrogen-bond acceptors (Lipinski definition) is 5. The van der Waals surface area contributed by atoms with Crippen LogP contribution in [-0.4, -0.2) is 42.5 Å². The van der Waals surface area contributed by atoms with Gasteiger partial charge in [-0.3, -0.25) is 9.40 Å². The zero-order valence-corrected chi connectivity index (χ0v) is 14.5. The third-order valence-electron chi connectivity index (χ3n) is 4.26. The van der Waals surface area contributed by atoms with Crippen molar-refractivity contribution < 1.29 is 23.1 Å². The Labute approximate surface area is 145 Å². The summed E-state index contributed by atoms with van der Waals surface area (Å²) in [5.74, 6) is -1.11. The number of benzene rings is 1. The third kappa shape index (κ3) is 3.67. The molecule has 0 radical (unpaired) electrons. The van der Waals surface area contributed by atoms with E-state index in [1.54, 1.807) is 11.6 Å². The predicted molar refractivity (Wildman–Crippen MR) is 90.3 cm³/mol. The Morgan fingerprint density at radius 1 is 1.36 bits per heavy atom. The number of hydrogen-bond donors (Lipinski definition) is 2. The molecule has 2 N–H and O–H groups in total. The van der Waals surface area contributed by atoms with Gasteiger partial charge in [0.05, 0.1) is 23.5 Å². The molecular weight excluding hydrogens is 346 g/mol. The summed E-state index contributed by atoms with van der Waals surface area (Å²) in [5, 5.41) is 13.3. The Kier molecular flexibility index (Phi) is 4.78. The highest BCUT2D eigenvalue weighted by molar-refractivity contribution is 7.92. The van der Waals surface area contributed by atoms with Crippen LogP contribution in [0.2, 0.25) is 0 Å². The fourth-order valence-electron chi connectivity index (χ4n) is 2.79. The largest absolute Gasteiger partial charge is 0.478 e. The number of nitrogens with one attached hydrogen (secondary N) is 1. The molecule has 1 aromatic heterocycles. The molecule has 1 aromatic carbocycles. The van der Waals surface area contributed by atoms with E-state index in [-0.39, 0.29) is 22.2 Å². The second-order valence-electron chi connectivity index (χ2n) is 5.89. The van der Waals surface area contributed by atoms with Gasteiger partial charge in [0.2, 0.25) is 0 Å². The second kappa shape index (κ2) is 6.85. The average molecular weight is 365 g/mol. The molecular formula is C16H19N3O5S. The maximum absolute atomic E-state index is 12.6. The number of anilines is 1. The summed E-state index contributed by atoms with van der Waals surface area (Å²) in [6.07, 6.45) is 4.37. The van der Waals surface area contributed by atoms with Gasteiger partial charge in [0.15, 0.2) is 0 Å². The topological polar surface area (TPSA) is 111 Å². The normalized spacial score (nSPS) is 15.9. The molecule has 9 heteroatoms. The van der Waals surface area contributed by atoms with E-state index in [9.17, 15) is 13.2 Å². The lowest BCUT2D eigenvalue weighted by Crippen LogP contribution is -2.20. The highest BCUT2D eigenvalue weighted by Gasteiger charge is 2.22. The first kappa shape index (κ1) is 17.4. The average Bonchev–Trinajstić information content (AvgIpc) is 3.08. The highest BCUT2D eigenvalue weighted by Crippen LogP contribution is 2.24. The maximum atomic E-state index is 12.6. The summed E-state index contributed by atoms with van der Waals surface area (Å²) in [5.41, 5.74) is 0.646. The Morgan fingerprint density at radius 2 is 2.08 bits per heavy atom. The van der Waals surface area contributed by atoms with Crippen LogP contribution in [0.4, 0.5) is 5.69 Å². The smallest absolute Gasteiger partial charge is 0.336 e. The molecule has 0 bridgehead atoms. The van der Waals surface area contributed by atoms with Crippen LogP contribution in [0.25, 0.3) is 0 Å². The first-order valence-electron chi connectivity index (χ1n) is 7.86. The van der Waals surface area contributed by atoms with Gasteiger partial charge in [-0.2, -0.15) is 5.10 Å². The molecule has 0 unspecified atom stereocenters. The summed E-state index contributed by atoms with van der Waals surface area (Å²) in [6.45, 7) is 2.82. The number of aromatic carboxylic acids is 1. The van der Waals surface area contributed by atoms with Crippen LogP contribution >= 0.6 is 0 Å². The van der Waals surface area contributed by atoms with Gasteiger partial charge in [0.25, 0.3) is 10.0 Å². The van der Waals surface area contributed by atoms with E-state index >= 15 is 0 Å². The maximum Gasteiger partial charge on any atom is 0.336 e. The molecule has 0 spiro atoms. The molecule has 0 aliphatic carbocycles. The van der Waals surface area contributed by atoms with E-state index in [1.807, 2.05) is 0 Å². The van der Waals surface area contributed by atoms with Crippen LogP contribution in [0.3, 0.4) is 0 Å². The lowest BCUT2D eigenvalue weighted by atomic mass is 10.1. The Hall–Kier alpha value is -2.39. The molecule has 2 heterocycles. The second-order valence-corrected chi connectivity index (χ2v) is 7.57. The van der Waals surface area contributed by atoms with Gasteiger partial charge >= 0.3 is 5.97 Å². The Bertz CT molecular complexity index is 885. The molecule has 0 saturated carbocycles. The Balaban J connectivity index is 1.84. The van der Waals surface area contributed by atoms with Crippen molar-refractivity contribution in [1.82, 2.24) is 9.78 Å². The molecule has 3 rings (SSSR count). The van der Waals surface area contributed by atoms with Crippen molar-refractivity contribution in [3.8, 4) is 0 Å². The van der Waals surface area contributed by atoms with Crippen molar-refractivity contribution in [1.29, 1.82) is 0 Å². The van der Waals surface area contributed by atoms with Gasteiger partial charge in [0.1, 0.15) is 4.90 Å². The first-order chi connectivity index (χ1) is 11.9. The number of sulfonamides is 1. The lowest BCUT2D eigenvalue weighted by molar-refractivity contribution is 0.0661. The standard InChI is InChI=1S/C16H19N3O5S/c1-11-14(16(20)21)3-2-4-15(11)18-25(22,23)13-9-17-19(10-13)12-5-7-24-8-6-12/h2-4,9-10,12,18H,5-8H2,1H3,(H,20,21). The molecule has 25 heavy (non-hydrogen) atoms. The van der Waals surface area contributed by atoms with Crippen molar-refractivity contribution >= 4 is 21.7 Å². The van der Waals surface area contributed by atoms with Crippen LogP contribution in [0.15, 0.2) is 35.5 Å². The molecule has 8 nitrogen and oxygen atoms in total. The van der Waals surface area contributed by atoms with Crippen molar-refractivity contribution in [2.75, 3.05) is 17.9 Å². The van der Waals surface area contributed by atoms with Gasteiger partial charge in [0, 0.05) is 19.4 Å². The number of nitrogens with zero attached hydrogens (tertiary/aromatic N) is 2. The molecule has 1 fully saturated rings. The van der Waals surface area contributed by atoms with Crippen LogP contribution in [-0.2, 0) is 14.8 Å². The minimum absolute atomic E-state index is 0.0409. The minimum Gasteiger partial charge on any atom is -0.478 e. The lowest BCUT2D eigenvalue weighted by Gasteiger charge is -2.22. The fourth-order valence-corrected chi connectivity index (χ4v) is 3.85. The monoisotopic (exact) mass is 365 g/mol. The number of aromatic nitrogens is 2. The Morgan fingerprint density at radius 3 is 2.76 bits per heavy atom. The summed E-state index contributed by atoms with van der Waals surface area (Å²) in [7, 11) is -3.85. The summed E-state index contributed by atoms with van der Waals surface area (Å²) in [4.78, 5) is 11.2. The van der Waals surface area contributed by atoms with Crippen molar-refractivity contribution in [2.45, 2.75) is 30.7 Å². The number of rotatable bonds is 5. The van der Waals surface area contributed by atoms with Crippen LogP contribution in [0.5, 0.6) is 0 Å². The van der Waals surface area contributed by atoms with Crippen LogP contribution in [0, 0.1) is 6.92 Å². The molecule has 0 amide bonds. The zero-order chi connectivity index (χ0) is 18.0. The van der Waals surface area contributed by atoms with Gasteiger partial charge in [-0.05, 0) is 37.5 Å². The quantitative estimate of drug-likeness (QED) is 0.839. The van der Waals surface area contributed by atoms with E-state index in [0.29, 0.717) is 18.8 Å². The van der Waals surface area contributed by atoms with Gasteiger partial charge in [-0.1, -0.05) is 6.07 Å². The third-order valence-corrected chi connectivity index (χ3v) is 5.58. The van der Waals surface area contributed by atoms with Gasteiger partial charge in [-0.15, -0.1) is 0 Å². The van der Waals surface area contributed by atoms with Crippen LogP contribution < -0.4 is 4.72 Å². The van der Waals surface area contributed by atoms with Gasteiger partial charge < -0.3 is 9.84 Å². The van der Waals surface area contributed by atoms with Crippen molar-refractivity contribution in [3.63, 3.8) is 0 Å². The number of ether oxygens (including phenoxy) is 1. The summed E-state index contributed by atoms with van der Waals surface area (Å²) < 4.78 is 34.6. The fraction of sp³-hybridized carbons (Fsp3) is 0.375. The van der Waals surface area contributed by atoms with E-state index in [0.717, 1.165) is 12.8 Å². The zero-order valence-electron chi connectivity index (χ0n) is 13.7. The SMILES string of the molecule is Cc1c(NS(=O)(=O)c2cnn(C3CCOCC3)c2)cccc1C(=O)O. The number of carboxylic acid groups (broad SMARTS) is 1. The predicted octanol–water partition coefficient (Wildman–Crippen LogP) is 2.04. The molecule has 134 valence electrons. The van der Waals surface area contributed by atoms with E-state index in [1.165, 1.54) is 30.6 Å². The summed E-state index contributed by atoms with van der Waals surface area (Å²) >= 11 is 0. The molecule has 1 aliphatic heterocycles. The minimum atomic E-state index is -3.85. The van der Waals surface area contributed by atoms with Crippen molar-refractivity contribution in [2.24, 2.45) is 0 Å². The van der Waals surface area contributed by atoms with Gasteiger partial charge in [-0.25, -0.2) is 13.2 Å². The molecule has 0 atom stereocenters.